The number of carbonyl (C=O) groups excluding carboxylic acids is 1. The fourth-order valence-corrected chi connectivity index (χ4v) is 5.50. The van der Waals surface area contributed by atoms with E-state index in [2.05, 4.69) is 10.3 Å². The van der Waals surface area contributed by atoms with Gasteiger partial charge in [-0.1, -0.05) is 30.3 Å². The third-order valence-corrected chi connectivity index (χ3v) is 7.55. The van der Waals surface area contributed by atoms with Crippen LogP contribution in [0.4, 0.5) is 10.1 Å². The topological polar surface area (TPSA) is 88.6 Å². The Kier molecular flexibility index (Phi) is 5.53. The number of carbonyl (C=O) groups is 1. The maximum absolute atomic E-state index is 14.5. The van der Waals surface area contributed by atoms with E-state index in [-0.39, 0.29) is 32.0 Å². The zero-order valence-corrected chi connectivity index (χ0v) is 18.3. The first-order valence-corrected chi connectivity index (χ1v) is 11.8. The number of aromatic nitrogens is 1. The molecule has 33 heavy (non-hydrogen) atoms. The van der Waals surface area contributed by atoms with Crippen molar-refractivity contribution in [1.29, 1.82) is 0 Å². The number of nitrogens with one attached hydrogen (secondary N) is 1. The normalized spacial score (nSPS) is 15.1. The first-order chi connectivity index (χ1) is 15.9. The van der Waals surface area contributed by atoms with Gasteiger partial charge >= 0.3 is 0 Å². The van der Waals surface area contributed by atoms with E-state index in [1.54, 1.807) is 18.3 Å². The van der Waals surface area contributed by atoms with E-state index in [0.29, 0.717) is 11.1 Å². The minimum atomic E-state index is -4.06. The minimum Gasteiger partial charge on any atom is -0.379 e. The fraction of sp³-hybridized carbons (Fsp3) is 0.167. The van der Waals surface area contributed by atoms with Gasteiger partial charge in [0.05, 0.1) is 24.3 Å². The molecule has 0 unspecified atom stereocenters. The number of fused-ring (bicyclic) bond motifs is 3. The summed E-state index contributed by atoms with van der Waals surface area (Å²) >= 11 is 0. The Hall–Kier alpha value is -3.40. The van der Waals surface area contributed by atoms with Gasteiger partial charge in [0.25, 0.3) is 5.91 Å². The van der Waals surface area contributed by atoms with Crippen LogP contribution in [0, 0.1) is 5.82 Å². The highest BCUT2D eigenvalue weighted by molar-refractivity contribution is 7.89. The number of anilines is 1. The molecule has 1 fully saturated rings. The first-order valence-electron chi connectivity index (χ1n) is 10.4. The Bertz CT molecular complexity index is 1480. The molecule has 1 amide bonds. The molecule has 1 N–H and O–H groups in total. The molecule has 1 aliphatic rings. The Morgan fingerprint density at radius 1 is 1.00 bits per heavy atom. The van der Waals surface area contributed by atoms with Gasteiger partial charge in [-0.3, -0.25) is 9.78 Å². The third kappa shape index (κ3) is 3.95. The van der Waals surface area contributed by atoms with E-state index >= 15 is 0 Å². The molecule has 9 heteroatoms. The third-order valence-electron chi connectivity index (χ3n) is 5.64. The number of rotatable bonds is 4. The number of nitrogens with zero attached hydrogens (tertiary/aromatic N) is 2. The van der Waals surface area contributed by atoms with E-state index in [1.807, 2.05) is 30.3 Å². The number of ether oxygens (including phenoxy) is 1. The molecule has 7 nitrogen and oxygen atoms in total. The SMILES string of the molecule is O=C(Nc1ccc(F)c(S(=O)(=O)N2CCOCC2)c1)c1cc2ccccc2c2cccnc12. The van der Waals surface area contributed by atoms with Crippen LogP contribution in [0.3, 0.4) is 0 Å². The van der Waals surface area contributed by atoms with Gasteiger partial charge in [-0.25, -0.2) is 12.8 Å². The summed E-state index contributed by atoms with van der Waals surface area (Å²) in [5.74, 6) is -1.34. The van der Waals surface area contributed by atoms with Crippen molar-refractivity contribution in [2.75, 3.05) is 31.6 Å². The van der Waals surface area contributed by atoms with Crippen LogP contribution in [-0.2, 0) is 14.8 Å². The van der Waals surface area contributed by atoms with Gasteiger partial charge in [0, 0.05) is 30.4 Å². The summed E-state index contributed by atoms with van der Waals surface area (Å²) in [6.45, 7) is 0.791. The lowest BCUT2D eigenvalue weighted by molar-refractivity contribution is 0.0729. The number of morpholine rings is 1. The van der Waals surface area contributed by atoms with Crippen LogP contribution in [0.25, 0.3) is 21.7 Å². The van der Waals surface area contributed by atoms with Crippen molar-refractivity contribution < 1.29 is 22.3 Å². The number of hydrogen-bond donors (Lipinski definition) is 1. The molecule has 3 aromatic carbocycles. The van der Waals surface area contributed by atoms with Crippen molar-refractivity contribution in [2.24, 2.45) is 0 Å². The summed E-state index contributed by atoms with van der Waals surface area (Å²) in [6, 6.07) is 16.6. The van der Waals surface area contributed by atoms with E-state index in [4.69, 9.17) is 4.74 Å². The number of hydrogen-bond acceptors (Lipinski definition) is 5. The number of benzene rings is 3. The van der Waals surface area contributed by atoms with Crippen LogP contribution < -0.4 is 5.32 Å². The van der Waals surface area contributed by atoms with E-state index in [9.17, 15) is 17.6 Å². The van der Waals surface area contributed by atoms with Crippen molar-refractivity contribution in [3.05, 3.63) is 78.2 Å². The monoisotopic (exact) mass is 465 g/mol. The van der Waals surface area contributed by atoms with Gasteiger partial charge in [-0.05, 0) is 41.1 Å². The molecule has 1 saturated heterocycles. The number of sulfonamides is 1. The number of halogens is 1. The van der Waals surface area contributed by atoms with E-state index in [1.165, 1.54) is 10.4 Å². The number of amides is 1. The molecule has 0 radical (unpaired) electrons. The summed E-state index contributed by atoms with van der Waals surface area (Å²) in [5, 5.41) is 5.38. The summed E-state index contributed by atoms with van der Waals surface area (Å²) in [6.07, 6.45) is 1.61. The van der Waals surface area contributed by atoms with Crippen LogP contribution in [0.1, 0.15) is 10.4 Å². The molecule has 168 valence electrons. The lowest BCUT2D eigenvalue weighted by atomic mass is 10.0. The molecule has 5 rings (SSSR count). The second-order valence-corrected chi connectivity index (χ2v) is 9.57. The van der Waals surface area contributed by atoms with Crippen molar-refractivity contribution >= 4 is 43.3 Å². The molecule has 1 aromatic heterocycles. The van der Waals surface area contributed by atoms with E-state index in [0.717, 1.165) is 28.3 Å². The van der Waals surface area contributed by atoms with Crippen LogP contribution in [0.2, 0.25) is 0 Å². The average Bonchev–Trinajstić information content (AvgIpc) is 2.85. The summed E-state index contributed by atoms with van der Waals surface area (Å²) < 4.78 is 46.8. The van der Waals surface area contributed by atoms with Gasteiger partial charge in [-0.15, -0.1) is 0 Å². The molecular formula is C24H20FN3O4S. The lowest BCUT2D eigenvalue weighted by Gasteiger charge is -2.26. The zero-order valence-electron chi connectivity index (χ0n) is 17.5. The summed E-state index contributed by atoms with van der Waals surface area (Å²) in [7, 11) is -4.06. The standard InChI is InChI=1S/C24H20FN3O4S/c25-21-8-7-17(15-22(21)33(30,31)28-10-12-32-13-11-28)27-24(29)20-14-16-4-1-2-5-18(16)19-6-3-9-26-23(19)20/h1-9,14-15H,10-13H2,(H,27,29). The second-order valence-electron chi connectivity index (χ2n) is 7.66. The lowest BCUT2D eigenvalue weighted by Crippen LogP contribution is -2.40. The van der Waals surface area contributed by atoms with Crippen LogP contribution in [0.15, 0.2) is 71.8 Å². The minimum absolute atomic E-state index is 0.146. The summed E-state index contributed by atoms with van der Waals surface area (Å²) in [4.78, 5) is 17.1. The predicted octanol–water partition coefficient (Wildman–Crippen LogP) is 3.80. The fourth-order valence-electron chi connectivity index (χ4n) is 4.01. The molecule has 0 bridgehead atoms. The van der Waals surface area contributed by atoms with Crippen molar-refractivity contribution in [3.8, 4) is 0 Å². The maximum atomic E-state index is 14.5. The molecule has 0 saturated carbocycles. The molecule has 1 aliphatic heterocycles. The highest BCUT2D eigenvalue weighted by Gasteiger charge is 2.29. The van der Waals surface area contributed by atoms with Crippen molar-refractivity contribution in [3.63, 3.8) is 0 Å². The van der Waals surface area contributed by atoms with Gasteiger partial charge < -0.3 is 10.1 Å². The Morgan fingerprint density at radius 3 is 2.58 bits per heavy atom. The largest absolute Gasteiger partial charge is 0.379 e. The Balaban J connectivity index is 1.52. The molecule has 0 spiro atoms. The van der Waals surface area contributed by atoms with Crippen LogP contribution in [-0.4, -0.2) is 49.9 Å². The van der Waals surface area contributed by atoms with Gasteiger partial charge in [0.1, 0.15) is 10.7 Å². The van der Waals surface area contributed by atoms with Gasteiger partial charge in [0.15, 0.2) is 0 Å². The Labute approximate surface area is 189 Å². The van der Waals surface area contributed by atoms with Crippen LogP contribution in [0.5, 0.6) is 0 Å². The summed E-state index contributed by atoms with van der Waals surface area (Å²) in [5.41, 5.74) is 1.04. The molecule has 2 heterocycles. The predicted molar refractivity (Wildman–Crippen MR) is 123 cm³/mol. The number of pyridine rings is 1. The smallest absolute Gasteiger partial charge is 0.257 e. The molecule has 0 aliphatic carbocycles. The zero-order chi connectivity index (χ0) is 23.0. The molecular weight excluding hydrogens is 445 g/mol. The van der Waals surface area contributed by atoms with Gasteiger partial charge in [-0.2, -0.15) is 4.31 Å². The molecule has 0 atom stereocenters. The van der Waals surface area contributed by atoms with Crippen molar-refractivity contribution in [2.45, 2.75) is 4.90 Å². The molecule has 4 aromatic rings. The second kappa shape index (κ2) is 8.51. The highest BCUT2D eigenvalue weighted by Crippen LogP contribution is 2.29. The first kappa shape index (κ1) is 21.4. The Morgan fingerprint density at radius 2 is 1.76 bits per heavy atom. The van der Waals surface area contributed by atoms with Crippen molar-refractivity contribution in [1.82, 2.24) is 9.29 Å². The average molecular weight is 466 g/mol. The quantitative estimate of drug-likeness (QED) is 0.463. The van der Waals surface area contributed by atoms with E-state index < -0.39 is 26.6 Å². The van der Waals surface area contributed by atoms with Crippen LogP contribution >= 0.6 is 0 Å². The highest BCUT2D eigenvalue weighted by atomic mass is 32.2. The maximum Gasteiger partial charge on any atom is 0.257 e. The van der Waals surface area contributed by atoms with Gasteiger partial charge in [0.2, 0.25) is 10.0 Å².